The van der Waals surface area contributed by atoms with Crippen molar-refractivity contribution in [3.63, 3.8) is 0 Å². The first-order valence-electron chi connectivity index (χ1n) is 5.03. The van der Waals surface area contributed by atoms with Gasteiger partial charge in [0.2, 0.25) is 0 Å². The third-order valence-corrected chi connectivity index (χ3v) is 2.00. The Morgan fingerprint density at radius 1 is 1.25 bits per heavy atom. The molecule has 0 aliphatic rings. The minimum Gasteiger partial charge on any atom is -0.450 e. The van der Waals surface area contributed by atoms with Crippen LogP contribution >= 0.6 is 0 Å². The fourth-order valence-electron chi connectivity index (χ4n) is 1.19. The first kappa shape index (κ1) is 15.1. The maximum Gasteiger partial charge on any atom is 0.510 e. The van der Waals surface area contributed by atoms with Gasteiger partial charge in [-0.3, -0.25) is 0 Å². The van der Waals surface area contributed by atoms with E-state index in [4.69, 9.17) is 25.5 Å². The maximum atomic E-state index is 10.0. The highest BCUT2D eigenvalue weighted by Gasteiger charge is 2.27. The van der Waals surface area contributed by atoms with Gasteiger partial charge in [0, 0.05) is 6.42 Å². The summed E-state index contributed by atoms with van der Waals surface area (Å²) >= 11 is 0. The van der Waals surface area contributed by atoms with Gasteiger partial charge in [0.1, 0.15) is 0 Å². The van der Waals surface area contributed by atoms with Crippen LogP contribution in [0.1, 0.15) is 32.1 Å². The molecule has 0 radical (unpaired) electrons. The standard InChI is InChI=1S/C9H18O7/c10-6-7(11)4-2-1-3-5-9(14,15)16-8(12)13/h7,10-11,14-15H,1-6H2,(H,12,13). The third-order valence-electron chi connectivity index (χ3n) is 2.00. The van der Waals surface area contributed by atoms with Crippen molar-refractivity contribution >= 4 is 6.16 Å². The average molecular weight is 238 g/mol. The largest absolute Gasteiger partial charge is 0.510 e. The molecule has 7 nitrogen and oxygen atoms in total. The maximum absolute atomic E-state index is 10.0. The molecule has 0 amide bonds. The molecule has 0 bridgehead atoms. The van der Waals surface area contributed by atoms with Gasteiger partial charge in [-0.1, -0.05) is 12.8 Å². The quantitative estimate of drug-likeness (QED) is 0.221. The molecule has 5 N–H and O–H groups in total. The van der Waals surface area contributed by atoms with Crippen LogP contribution in [0.2, 0.25) is 0 Å². The van der Waals surface area contributed by atoms with E-state index in [1.54, 1.807) is 0 Å². The number of carboxylic acid groups (broad SMARTS) is 1. The fraction of sp³-hybridized carbons (Fsp3) is 0.889. The van der Waals surface area contributed by atoms with E-state index in [-0.39, 0.29) is 13.0 Å². The Morgan fingerprint density at radius 2 is 1.88 bits per heavy atom. The number of aliphatic hydroxyl groups excluding tert-OH is 2. The Labute approximate surface area is 92.9 Å². The molecule has 1 unspecified atom stereocenters. The second kappa shape index (κ2) is 7.39. The van der Waals surface area contributed by atoms with Crippen molar-refractivity contribution in [3.05, 3.63) is 0 Å². The number of ether oxygens (including phenoxy) is 1. The molecule has 0 aliphatic carbocycles. The van der Waals surface area contributed by atoms with Crippen LogP contribution in [0.3, 0.4) is 0 Å². The zero-order chi connectivity index (χ0) is 12.6. The number of hydrogen-bond donors (Lipinski definition) is 5. The summed E-state index contributed by atoms with van der Waals surface area (Å²) in [5, 5.41) is 43.6. The molecule has 96 valence electrons. The lowest BCUT2D eigenvalue weighted by molar-refractivity contribution is -0.316. The van der Waals surface area contributed by atoms with Crippen LogP contribution in [-0.4, -0.2) is 50.4 Å². The highest BCUT2D eigenvalue weighted by Crippen LogP contribution is 2.14. The van der Waals surface area contributed by atoms with Crippen molar-refractivity contribution in [2.75, 3.05) is 6.61 Å². The van der Waals surface area contributed by atoms with E-state index in [0.717, 1.165) is 0 Å². The molecule has 0 rings (SSSR count). The summed E-state index contributed by atoms with van der Waals surface area (Å²) in [5.41, 5.74) is 0. The minimum absolute atomic E-state index is 0.228. The summed E-state index contributed by atoms with van der Waals surface area (Å²) in [6.07, 6.45) is -0.801. The first-order chi connectivity index (χ1) is 7.37. The molecule has 0 aromatic heterocycles. The van der Waals surface area contributed by atoms with Gasteiger partial charge in [-0.15, -0.1) is 0 Å². The van der Waals surface area contributed by atoms with E-state index >= 15 is 0 Å². The summed E-state index contributed by atoms with van der Waals surface area (Å²) in [7, 11) is 0. The predicted octanol–water partition coefficient (Wildman–Crippen LogP) is -0.377. The molecule has 0 saturated heterocycles. The molecule has 0 heterocycles. The molecular weight excluding hydrogens is 220 g/mol. The number of carbonyl (C=O) groups is 1. The number of hydrogen-bond acceptors (Lipinski definition) is 6. The van der Waals surface area contributed by atoms with Gasteiger partial charge in [-0.25, -0.2) is 4.79 Å². The number of aliphatic hydroxyl groups is 4. The number of rotatable bonds is 8. The summed E-state index contributed by atoms with van der Waals surface area (Å²) in [6, 6.07) is 0. The molecule has 0 aromatic rings. The molecule has 16 heavy (non-hydrogen) atoms. The third kappa shape index (κ3) is 8.42. The van der Waals surface area contributed by atoms with E-state index in [9.17, 15) is 4.79 Å². The summed E-state index contributed by atoms with van der Waals surface area (Å²) in [6.45, 7) is -0.300. The van der Waals surface area contributed by atoms with Crippen molar-refractivity contribution < 1.29 is 35.1 Å². The lowest BCUT2D eigenvalue weighted by Gasteiger charge is -2.19. The topological polar surface area (TPSA) is 127 Å². The summed E-state index contributed by atoms with van der Waals surface area (Å²) in [5.74, 6) is -2.65. The van der Waals surface area contributed by atoms with Crippen LogP contribution in [0, 0.1) is 0 Å². The van der Waals surface area contributed by atoms with Gasteiger partial charge < -0.3 is 30.3 Å². The second-order valence-electron chi connectivity index (χ2n) is 3.55. The predicted molar refractivity (Wildman–Crippen MR) is 52.5 cm³/mol. The Balaban J connectivity index is 3.54. The van der Waals surface area contributed by atoms with Crippen molar-refractivity contribution in [1.29, 1.82) is 0 Å². The summed E-state index contributed by atoms with van der Waals surface area (Å²) in [4.78, 5) is 10.0. The zero-order valence-electron chi connectivity index (χ0n) is 8.87. The summed E-state index contributed by atoms with van der Waals surface area (Å²) < 4.78 is 3.82. The normalized spacial score (nSPS) is 13.5. The molecular formula is C9H18O7. The van der Waals surface area contributed by atoms with Gasteiger partial charge in [0.15, 0.2) is 0 Å². The van der Waals surface area contributed by atoms with Crippen LogP contribution in [0.25, 0.3) is 0 Å². The molecule has 7 heteroatoms. The first-order valence-corrected chi connectivity index (χ1v) is 5.03. The fourth-order valence-corrected chi connectivity index (χ4v) is 1.19. The van der Waals surface area contributed by atoms with E-state index in [1.165, 1.54) is 0 Å². The average Bonchev–Trinajstić information content (AvgIpc) is 2.14. The highest BCUT2D eigenvalue weighted by atomic mass is 16.8. The van der Waals surface area contributed by atoms with Gasteiger partial charge in [-0.05, 0) is 12.8 Å². The molecule has 0 aromatic carbocycles. The van der Waals surface area contributed by atoms with E-state index in [0.29, 0.717) is 25.7 Å². The molecule has 1 atom stereocenters. The van der Waals surface area contributed by atoms with Crippen LogP contribution < -0.4 is 0 Å². The Hall–Kier alpha value is -0.890. The highest BCUT2D eigenvalue weighted by molar-refractivity contribution is 5.57. The van der Waals surface area contributed by atoms with Crippen LogP contribution in [-0.2, 0) is 4.74 Å². The van der Waals surface area contributed by atoms with Crippen LogP contribution in [0.4, 0.5) is 4.79 Å². The van der Waals surface area contributed by atoms with Crippen LogP contribution in [0.5, 0.6) is 0 Å². The van der Waals surface area contributed by atoms with Gasteiger partial charge >= 0.3 is 12.1 Å². The van der Waals surface area contributed by atoms with Crippen LogP contribution in [0.15, 0.2) is 0 Å². The van der Waals surface area contributed by atoms with Gasteiger partial charge in [0.25, 0.3) is 0 Å². The smallest absolute Gasteiger partial charge is 0.450 e. The van der Waals surface area contributed by atoms with E-state index in [1.807, 2.05) is 0 Å². The van der Waals surface area contributed by atoms with Crippen molar-refractivity contribution in [1.82, 2.24) is 0 Å². The van der Waals surface area contributed by atoms with Crippen molar-refractivity contribution in [2.45, 2.75) is 44.2 Å². The van der Waals surface area contributed by atoms with Gasteiger partial charge in [0.05, 0.1) is 12.7 Å². The molecule has 0 spiro atoms. The lowest BCUT2D eigenvalue weighted by Crippen LogP contribution is -2.33. The minimum atomic E-state index is -2.65. The Kier molecular flexibility index (Phi) is 6.98. The monoisotopic (exact) mass is 238 g/mol. The molecule has 0 saturated carbocycles. The zero-order valence-corrected chi connectivity index (χ0v) is 8.87. The molecule has 0 aliphatic heterocycles. The molecule has 0 fully saturated rings. The Morgan fingerprint density at radius 3 is 2.38 bits per heavy atom. The second-order valence-corrected chi connectivity index (χ2v) is 3.55. The van der Waals surface area contributed by atoms with Crippen molar-refractivity contribution in [2.24, 2.45) is 0 Å². The van der Waals surface area contributed by atoms with E-state index < -0.39 is 18.2 Å². The van der Waals surface area contributed by atoms with E-state index in [2.05, 4.69) is 4.74 Å². The van der Waals surface area contributed by atoms with Gasteiger partial charge in [-0.2, -0.15) is 0 Å². The lowest BCUT2D eigenvalue weighted by atomic mass is 10.1. The number of unbranched alkanes of at least 4 members (excludes halogenated alkanes) is 2. The van der Waals surface area contributed by atoms with Crippen molar-refractivity contribution in [3.8, 4) is 0 Å². The Bertz CT molecular complexity index is 204. The SMILES string of the molecule is O=C(O)OC(O)(O)CCCCCC(O)CO.